The number of aliphatic carboxylic acids is 1. The van der Waals surface area contributed by atoms with Crippen molar-refractivity contribution in [3.63, 3.8) is 0 Å². The van der Waals surface area contributed by atoms with Gasteiger partial charge in [0.1, 0.15) is 6.04 Å². The van der Waals surface area contributed by atoms with E-state index in [0.29, 0.717) is 6.42 Å². The molecule has 0 fully saturated rings. The Morgan fingerprint density at radius 2 is 2.40 bits per heavy atom. The Hall–Kier alpha value is -0.0500. The second-order valence-corrected chi connectivity index (χ2v) is 3.42. The van der Waals surface area contributed by atoms with Crippen LogP contribution in [0.25, 0.3) is 0 Å². The van der Waals surface area contributed by atoms with E-state index < -0.39 is 12.0 Å². The van der Waals surface area contributed by atoms with E-state index in [4.69, 9.17) is 10.8 Å². The molecule has 0 aromatic rings. The maximum atomic E-state index is 10.1. The zero-order valence-electron chi connectivity index (χ0n) is 5.49. The number of hydrogen-bond acceptors (Lipinski definition) is 3. The van der Waals surface area contributed by atoms with Crippen molar-refractivity contribution in [2.45, 2.75) is 18.9 Å². The molecule has 0 radical (unpaired) electrons. The van der Waals surface area contributed by atoms with Crippen molar-refractivity contribution in [3.8, 4) is 0 Å². The molecular weight excluding hydrogens is 169 g/mol. The van der Waals surface area contributed by atoms with Gasteiger partial charge < -0.3 is 10.8 Å². The Morgan fingerprint density at radius 1 is 1.80 bits per heavy atom. The Bertz CT molecular complexity index is 131. The number of carboxylic acid groups (broad SMARTS) is 1. The van der Waals surface area contributed by atoms with Crippen molar-refractivity contribution in [2.75, 3.05) is 6.16 Å². The molecule has 0 unspecified atom stereocenters. The molecule has 0 aliphatic carbocycles. The molecule has 3 N–H and O–H groups in total. The van der Waals surface area contributed by atoms with Crippen molar-refractivity contribution in [1.82, 2.24) is 0 Å². The summed E-state index contributed by atoms with van der Waals surface area (Å²) >= 11 is 4.65. The Kier molecular flexibility index (Phi) is 5.69. The SMILES string of the molecule is N[C@H](CCCP=S)C(=O)O. The molecule has 58 valence electrons. The van der Waals surface area contributed by atoms with Crippen LogP contribution >= 0.6 is 7.36 Å². The normalized spacial score (nSPS) is 13.3. The average molecular weight is 179 g/mol. The van der Waals surface area contributed by atoms with Crippen molar-refractivity contribution in [1.29, 1.82) is 0 Å². The van der Waals surface area contributed by atoms with Crippen LogP contribution in [0.15, 0.2) is 0 Å². The number of rotatable bonds is 5. The van der Waals surface area contributed by atoms with E-state index >= 15 is 0 Å². The van der Waals surface area contributed by atoms with Gasteiger partial charge in [0.15, 0.2) is 0 Å². The predicted molar refractivity (Wildman–Crippen MR) is 44.0 cm³/mol. The van der Waals surface area contributed by atoms with Gasteiger partial charge in [0.2, 0.25) is 0 Å². The van der Waals surface area contributed by atoms with Gasteiger partial charge in [-0.2, -0.15) is 0 Å². The summed E-state index contributed by atoms with van der Waals surface area (Å²) in [5.41, 5.74) is 5.22. The summed E-state index contributed by atoms with van der Waals surface area (Å²) in [5, 5.41) is 8.33. The lowest BCUT2D eigenvalue weighted by Gasteiger charge is -2.02. The third kappa shape index (κ3) is 4.79. The first-order valence-corrected chi connectivity index (χ1v) is 5.05. The summed E-state index contributed by atoms with van der Waals surface area (Å²) in [6.45, 7) is 0. The van der Waals surface area contributed by atoms with Crippen LogP contribution in [-0.2, 0) is 16.6 Å². The van der Waals surface area contributed by atoms with E-state index in [1.165, 1.54) is 0 Å². The lowest BCUT2D eigenvalue weighted by Crippen LogP contribution is -2.29. The van der Waals surface area contributed by atoms with Gasteiger partial charge in [-0.15, -0.1) is 0 Å². The van der Waals surface area contributed by atoms with Gasteiger partial charge in [0.05, 0.1) is 0 Å². The van der Waals surface area contributed by atoms with E-state index in [2.05, 4.69) is 11.8 Å². The molecule has 0 aliphatic rings. The molecule has 0 saturated carbocycles. The first-order chi connectivity index (χ1) is 4.68. The number of hydrogen-bond donors (Lipinski definition) is 2. The van der Waals surface area contributed by atoms with Crippen LogP contribution in [0.3, 0.4) is 0 Å². The maximum absolute atomic E-state index is 10.1. The second kappa shape index (κ2) is 5.71. The molecule has 0 aromatic heterocycles. The standard InChI is InChI=1S/C5H10NO2PS/c6-4(5(7)8)2-1-3-9-10/h4H,1-3,6H2,(H,7,8)/t4-/m1/s1. The molecule has 5 heteroatoms. The van der Waals surface area contributed by atoms with Crippen LogP contribution < -0.4 is 5.73 Å². The molecule has 0 heterocycles. The molecular formula is C5H10NO2PS. The first kappa shape index (κ1) is 9.95. The number of nitrogens with two attached hydrogens (primary N) is 1. The van der Waals surface area contributed by atoms with Crippen molar-refractivity contribution in [2.24, 2.45) is 5.73 Å². The van der Waals surface area contributed by atoms with Gasteiger partial charge in [0.25, 0.3) is 0 Å². The highest BCUT2D eigenvalue weighted by Crippen LogP contribution is 2.01. The Balaban J connectivity index is 3.30. The van der Waals surface area contributed by atoms with Gasteiger partial charge in [0, 0.05) is 0 Å². The highest BCUT2D eigenvalue weighted by atomic mass is 32.4. The van der Waals surface area contributed by atoms with E-state index in [9.17, 15) is 4.79 Å². The molecule has 3 nitrogen and oxygen atoms in total. The van der Waals surface area contributed by atoms with E-state index in [1.54, 1.807) is 0 Å². The van der Waals surface area contributed by atoms with E-state index in [0.717, 1.165) is 19.9 Å². The van der Waals surface area contributed by atoms with Gasteiger partial charge in [-0.25, -0.2) is 0 Å². The third-order valence-corrected chi connectivity index (χ3v) is 2.13. The largest absolute Gasteiger partial charge is 0.480 e. The van der Waals surface area contributed by atoms with Crippen LogP contribution in [0.5, 0.6) is 0 Å². The van der Waals surface area contributed by atoms with Gasteiger partial charge >= 0.3 is 5.97 Å². The molecule has 0 aromatic carbocycles. The van der Waals surface area contributed by atoms with Crippen LogP contribution in [0.2, 0.25) is 0 Å². The van der Waals surface area contributed by atoms with E-state index in [1.807, 2.05) is 0 Å². The quantitative estimate of drug-likeness (QED) is 0.479. The van der Waals surface area contributed by atoms with Crippen molar-refractivity contribution in [3.05, 3.63) is 0 Å². The molecule has 0 spiro atoms. The van der Waals surface area contributed by atoms with Crippen LogP contribution in [0.1, 0.15) is 12.8 Å². The fourth-order valence-electron chi connectivity index (χ4n) is 0.499. The molecule has 10 heavy (non-hydrogen) atoms. The monoisotopic (exact) mass is 179 g/mol. The average Bonchev–Trinajstić information content (AvgIpc) is 1.88. The summed E-state index contributed by atoms with van der Waals surface area (Å²) in [6, 6.07) is -0.711. The molecule has 1 atom stereocenters. The minimum atomic E-state index is -0.930. The molecule has 0 rings (SSSR count). The topological polar surface area (TPSA) is 63.3 Å². The smallest absolute Gasteiger partial charge is 0.320 e. The highest BCUT2D eigenvalue weighted by Gasteiger charge is 2.09. The molecule has 0 amide bonds. The Labute approximate surface area is 66.4 Å². The lowest BCUT2D eigenvalue weighted by molar-refractivity contribution is -0.138. The molecule has 0 bridgehead atoms. The van der Waals surface area contributed by atoms with Gasteiger partial charge in [-0.3, -0.25) is 4.79 Å². The summed E-state index contributed by atoms with van der Waals surface area (Å²) in [7, 11) is 0.888. The minimum absolute atomic E-state index is 0.527. The lowest BCUT2D eigenvalue weighted by atomic mass is 10.2. The van der Waals surface area contributed by atoms with Crippen LogP contribution in [-0.4, -0.2) is 23.3 Å². The Morgan fingerprint density at radius 3 is 2.80 bits per heavy atom. The van der Waals surface area contributed by atoms with Crippen molar-refractivity contribution < 1.29 is 9.90 Å². The zero-order chi connectivity index (χ0) is 7.98. The van der Waals surface area contributed by atoms with E-state index in [-0.39, 0.29) is 0 Å². The third-order valence-electron chi connectivity index (χ3n) is 1.08. The summed E-state index contributed by atoms with van der Waals surface area (Å²) in [5.74, 6) is -0.930. The van der Waals surface area contributed by atoms with Gasteiger partial charge in [-0.05, 0) is 26.4 Å². The number of carbonyl (C=O) groups is 1. The van der Waals surface area contributed by atoms with Crippen LogP contribution in [0.4, 0.5) is 0 Å². The zero-order valence-corrected chi connectivity index (χ0v) is 7.20. The van der Waals surface area contributed by atoms with Crippen LogP contribution in [0, 0.1) is 0 Å². The first-order valence-electron chi connectivity index (χ1n) is 2.96. The van der Waals surface area contributed by atoms with Gasteiger partial charge in [-0.1, -0.05) is 11.8 Å². The van der Waals surface area contributed by atoms with Crippen molar-refractivity contribution >= 4 is 25.1 Å². The molecule has 0 saturated heterocycles. The number of carboxylic acids is 1. The fraction of sp³-hybridized carbons (Fsp3) is 0.800. The minimum Gasteiger partial charge on any atom is -0.480 e. The second-order valence-electron chi connectivity index (χ2n) is 1.94. The maximum Gasteiger partial charge on any atom is 0.320 e. The summed E-state index contributed by atoms with van der Waals surface area (Å²) < 4.78 is 0. The summed E-state index contributed by atoms with van der Waals surface area (Å²) in [6.07, 6.45) is 2.19. The highest BCUT2D eigenvalue weighted by molar-refractivity contribution is 7.96. The summed E-state index contributed by atoms with van der Waals surface area (Å²) in [4.78, 5) is 10.1. The predicted octanol–water partition coefficient (Wildman–Crippen LogP) is 0.587. The molecule has 0 aliphatic heterocycles. The fourth-order valence-corrected chi connectivity index (χ4v) is 1.20.